The molecule has 1 heterocycles. The lowest BCUT2D eigenvalue weighted by atomic mass is 10.1. The van der Waals surface area contributed by atoms with Gasteiger partial charge in [0, 0.05) is 17.6 Å². The van der Waals surface area contributed by atoms with Crippen molar-refractivity contribution < 1.29 is 4.74 Å². The van der Waals surface area contributed by atoms with E-state index in [9.17, 15) is 5.26 Å². The number of halogens is 2. The van der Waals surface area contributed by atoms with Crippen molar-refractivity contribution >= 4 is 45.5 Å². The Morgan fingerprint density at radius 3 is 2.70 bits per heavy atom. The number of pyridine rings is 1. The van der Waals surface area contributed by atoms with Crippen molar-refractivity contribution in [2.75, 3.05) is 12.4 Å². The lowest BCUT2D eigenvalue weighted by Crippen LogP contribution is -1.98. The minimum atomic E-state index is 0.420. The average molecular weight is 344 g/mol. The number of nitrogens with one attached hydrogen (secondary N) is 1. The highest BCUT2D eigenvalue weighted by atomic mass is 35.5. The lowest BCUT2D eigenvalue weighted by Gasteiger charge is -2.14. The van der Waals surface area contributed by atoms with E-state index in [-0.39, 0.29) is 0 Å². The van der Waals surface area contributed by atoms with Crippen LogP contribution < -0.4 is 10.1 Å². The van der Waals surface area contributed by atoms with E-state index >= 15 is 0 Å². The summed E-state index contributed by atoms with van der Waals surface area (Å²) in [6.45, 7) is 0. The van der Waals surface area contributed by atoms with Crippen LogP contribution in [0.1, 0.15) is 5.56 Å². The zero-order valence-electron chi connectivity index (χ0n) is 12.1. The van der Waals surface area contributed by atoms with Crippen molar-refractivity contribution in [1.82, 2.24) is 4.98 Å². The summed E-state index contributed by atoms with van der Waals surface area (Å²) in [6.07, 6.45) is 1.53. The smallest absolute Gasteiger partial charge is 0.139 e. The fourth-order valence-corrected chi connectivity index (χ4v) is 2.78. The van der Waals surface area contributed by atoms with Gasteiger partial charge in [0.15, 0.2) is 0 Å². The van der Waals surface area contributed by atoms with E-state index in [0.29, 0.717) is 32.7 Å². The number of benzene rings is 2. The van der Waals surface area contributed by atoms with E-state index < -0.39 is 0 Å². The van der Waals surface area contributed by atoms with Crippen molar-refractivity contribution in [3.63, 3.8) is 0 Å². The van der Waals surface area contributed by atoms with E-state index in [0.717, 1.165) is 10.9 Å². The van der Waals surface area contributed by atoms with Crippen LogP contribution >= 0.6 is 23.2 Å². The first-order valence-electron chi connectivity index (χ1n) is 6.72. The second-order valence-corrected chi connectivity index (χ2v) is 5.58. The van der Waals surface area contributed by atoms with Crippen molar-refractivity contribution in [3.8, 4) is 11.8 Å². The Labute approximate surface area is 143 Å². The molecule has 0 aliphatic carbocycles. The molecule has 4 nitrogen and oxygen atoms in total. The Balaban J connectivity index is 2.17. The number of rotatable bonds is 3. The predicted octanol–water partition coefficient (Wildman–Crippen LogP) is 5.17. The first-order chi connectivity index (χ1) is 11.1. The first kappa shape index (κ1) is 15.4. The van der Waals surface area contributed by atoms with Crippen LogP contribution in [0.5, 0.6) is 5.75 Å². The third-order valence-electron chi connectivity index (χ3n) is 3.40. The van der Waals surface area contributed by atoms with Crippen LogP contribution in [0.2, 0.25) is 10.0 Å². The van der Waals surface area contributed by atoms with Gasteiger partial charge in [0.1, 0.15) is 11.8 Å². The maximum atomic E-state index is 9.36. The van der Waals surface area contributed by atoms with Gasteiger partial charge in [0.2, 0.25) is 0 Å². The lowest BCUT2D eigenvalue weighted by molar-refractivity contribution is 0.415. The number of ether oxygens (including phenoxy) is 1. The fraction of sp³-hybridized carbons (Fsp3) is 0.0588. The van der Waals surface area contributed by atoms with Gasteiger partial charge in [-0.25, -0.2) is 0 Å². The van der Waals surface area contributed by atoms with Crippen molar-refractivity contribution in [3.05, 3.63) is 58.2 Å². The van der Waals surface area contributed by atoms with E-state index in [1.54, 1.807) is 12.1 Å². The molecule has 0 aliphatic heterocycles. The normalized spacial score (nSPS) is 10.3. The minimum Gasteiger partial charge on any atom is -0.495 e. The molecule has 6 heteroatoms. The molecular formula is C17H11Cl2N3O. The molecule has 1 aromatic heterocycles. The van der Waals surface area contributed by atoms with Crippen molar-refractivity contribution in [1.29, 1.82) is 5.26 Å². The highest BCUT2D eigenvalue weighted by Gasteiger charge is 2.13. The SMILES string of the molecule is COc1cc(Nc2c(C#N)cnc3ccccc23)c(Cl)cc1Cl. The van der Waals surface area contributed by atoms with Gasteiger partial charge >= 0.3 is 0 Å². The van der Waals surface area contributed by atoms with E-state index in [1.807, 2.05) is 24.3 Å². The summed E-state index contributed by atoms with van der Waals surface area (Å²) in [7, 11) is 1.53. The summed E-state index contributed by atoms with van der Waals surface area (Å²) in [4.78, 5) is 4.28. The van der Waals surface area contributed by atoms with Gasteiger partial charge < -0.3 is 10.1 Å². The van der Waals surface area contributed by atoms with E-state index in [2.05, 4.69) is 16.4 Å². The first-order valence-corrected chi connectivity index (χ1v) is 7.47. The quantitative estimate of drug-likeness (QED) is 0.712. The Morgan fingerprint density at radius 2 is 1.96 bits per heavy atom. The number of aromatic nitrogens is 1. The Bertz CT molecular complexity index is 935. The molecule has 0 atom stereocenters. The molecule has 0 unspecified atom stereocenters. The van der Waals surface area contributed by atoms with Crippen LogP contribution in [0.25, 0.3) is 10.9 Å². The summed E-state index contributed by atoms with van der Waals surface area (Å²) < 4.78 is 5.21. The summed E-state index contributed by atoms with van der Waals surface area (Å²) in [5.41, 5.74) is 2.45. The largest absolute Gasteiger partial charge is 0.495 e. The second kappa shape index (κ2) is 6.33. The van der Waals surface area contributed by atoms with Gasteiger partial charge in [-0.1, -0.05) is 41.4 Å². The highest BCUT2D eigenvalue weighted by molar-refractivity contribution is 6.37. The standard InChI is InChI=1S/C17H11Cl2N3O/c1-23-16-7-15(12(18)6-13(16)19)22-17-10(8-20)9-21-14-5-3-2-4-11(14)17/h2-7,9H,1H3,(H,21,22). The molecule has 0 amide bonds. The molecule has 114 valence electrons. The van der Waals surface area contributed by atoms with Crippen LogP contribution in [0.15, 0.2) is 42.6 Å². The number of hydrogen-bond acceptors (Lipinski definition) is 4. The predicted molar refractivity (Wildman–Crippen MR) is 92.8 cm³/mol. The Hall–Kier alpha value is -2.48. The van der Waals surface area contributed by atoms with Gasteiger partial charge in [-0.2, -0.15) is 5.26 Å². The number of methoxy groups -OCH3 is 1. The molecule has 0 fully saturated rings. The van der Waals surface area contributed by atoms with E-state index in [1.165, 1.54) is 13.3 Å². The molecule has 0 aliphatic rings. The summed E-state index contributed by atoms with van der Waals surface area (Å²) in [6, 6.07) is 13.0. The monoisotopic (exact) mass is 343 g/mol. The topological polar surface area (TPSA) is 57.9 Å². The number of nitriles is 1. The molecule has 0 bridgehead atoms. The molecule has 3 rings (SSSR count). The second-order valence-electron chi connectivity index (χ2n) is 4.77. The average Bonchev–Trinajstić information content (AvgIpc) is 2.57. The molecule has 0 radical (unpaired) electrons. The molecule has 0 spiro atoms. The van der Waals surface area contributed by atoms with E-state index in [4.69, 9.17) is 27.9 Å². The zero-order valence-corrected chi connectivity index (χ0v) is 13.6. The number of hydrogen-bond donors (Lipinski definition) is 1. The molecular weight excluding hydrogens is 333 g/mol. The van der Waals surface area contributed by atoms with Gasteiger partial charge in [-0.15, -0.1) is 0 Å². The third kappa shape index (κ3) is 2.89. The minimum absolute atomic E-state index is 0.420. The van der Waals surface area contributed by atoms with Gasteiger partial charge in [-0.3, -0.25) is 4.98 Å². The molecule has 2 aromatic carbocycles. The number of nitrogens with zero attached hydrogens (tertiary/aromatic N) is 2. The number of para-hydroxylation sites is 1. The molecule has 0 saturated carbocycles. The zero-order chi connectivity index (χ0) is 16.4. The number of anilines is 2. The summed E-state index contributed by atoms with van der Waals surface area (Å²) >= 11 is 12.3. The molecule has 23 heavy (non-hydrogen) atoms. The molecule has 0 saturated heterocycles. The van der Waals surface area contributed by atoms with Crippen LogP contribution in [0, 0.1) is 11.3 Å². The number of fused-ring (bicyclic) bond motifs is 1. The van der Waals surface area contributed by atoms with Gasteiger partial charge in [0.25, 0.3) is 0 Å². The van der Waals surface area contributed by atoms with Crippen LogP contribution in [0.4, 0.5) is 11.4 Å². The van der Waals surface area contributed by atoms with Crippen molar-refractivity contribution in [2.45, 2.75) is 0 Å². The molecule has 1 N–H and O–H groups in total. The van der Waals surface area contributed by atoms with Gasteiger partial charge in [-0.05, 0) is 12.1 Å². The van der Waals surface area contributed by atoms with Crippen LogP contribution in [0.3, 0.4) is 0 Å². The highest BCUT2D eigenvalue weighted by Crippen LogP contribution is 2.37. The molecule has 3 aromatic rings. The maximum Gasteiger partial charge on any atom is 0.139 e. The maximum absolute atomic E-state index is 9.36. The summed E-state index contributed by atoms with van der Waals surface area (Å²) in [5.74, 6) is 0.496. The summed E-state index contributed by atoms with van der Waals surface area (Å²) in [5, 5.41) is 14.2. The van der Waals surface area contributed by atoms with Crippen LogP contribution in [-0.2, 0) is 0 Å². The fourth-order valence-electron chi connectivity index (χ4n) is 2.28. The third-order valence-corrected chi connectivity index (χ3v) is 4.01. The van der Waals surface area contributed by atoms with Gasteiger partial charge in [0.05, 0.1) is 39.6 Å². The van der Waals surface area contributed by atoms with Crippen LogP contribution in [-0.4, -0.2) is 12.1 Å². The Kier molecular flexibility index (Phi) is 4.24. The Morgan fingerprint density at radius 1 is 1.17 bits per heavy atom. The van der Waals surface area contributed by atoms with Crippen molar-refractivity contribution in [2.24, 2.45) is 0 Å².